The molecule has 0 aliphatic heterocycles. The van der Waals surface area contributed by atoms with Crippen LogP contribution in [0.2, 0.25) is 0 Å². The summed E-state index contributed by atoms with van der Waals surface area (Å²) in [6.07, 6.45) is 1.75. The Morgan fingerprint density at radius 3 is 2.50 bits per heavy atom. The van der Waals surface area contributed by atoms with Crippen molar-refractivity contribution in [2.24, 2.45) is 0 Å². The van der Waals surface area contributed by atoms with Crippen LogP contribution in [0.15, 0.2) is 53.4 Å². The molecule has 104 valence electrons. The van der Waals surface area contributed by atoms with Gasteiger partial charge in [0.15, 0.2) is 0 Å². The fraction of sp³-hybridized carbons (Fsp3) is 0.250. The van der Waals surface area contributed by atoms with E-state index in [1.807, 2.05) is 37.3 Å². The molecule has 0 spiro atoms. The van der Waals surface area contributed by atoms with Gasteiger partial charge in [-0.05, 0) is 43.0 Å². The maximum absolute atomic E-state index is 12.4. The van der Waals surface area contributed by atoms with Crippen LogP contribution >= 0.6 is 0 Å². The van der Waals surface area contributed by atoms with E-state index >= 15 is 0 Å². The molecule has 0 saturated carbocycles. The van der Waals surface area contributed by atoms with Gasteiger partial charge in [0, 0.05) is 6.04 Å². The summed E-state index contributed by atoms with van der Waals surface area (Å²) in [4.78, 5) is 0.326. The summed E-state index contributed by atoms with van der Waals surface area (Å²) in [5.74, 6) is 0. The molecule has 3 rings (SSSR count). The van der Waals surface area contributed by atoms with Crippen LogP contribution in [0.1, 0.15) is 29.2 Å². The number of sulfonamides is 1. The van der Waals surface area contributed by atoms with Crippen LogP contribution in [0.4, 0.5) is 0 Å². The van der Waals surface area contributed by atoms with Gasteiger partial charge in [-0.1, -0.05) is 42.0 Å². The van der Waals surface area contributed by atoms with Crippen molar-refractivity contribution in [3.63, 3.8) is 0 Å². The maximum Gasteiger partial charge on any atom is 0.241 e. The molecule has 1 aliphatic carbocycles. The highest BCUT2D eigenvalue weighted by Crippen LogP contribution is 2.31. The molecule has 0 aromatic heterocycles. The van der Waals surface area contributed by atoms with Gasteiger partial charge in [-0.2, -0.15) is 0 Å². The van der Waals surface area contributed by atoms with Crippen molar-refractivity contribution in [3.05, 3.63) is 65.2 Å². The predicted molar refractivity (Wildman–Crippen MR) is 79.0 cm³/mol. The van der Waals surface area contributed by atoms with Crippen LogP contribution in [0.3, 0.4) is 0 Å². The van der Waals surface area contributed by atoms with Crippen molar-refractivity contribution >= 4 is 10.0 Å². The molecule has 0 bridgehead atoms. The number of fused-ring (bicyclic) bond motifs is 1. The summed E-state index contributed by atoms with van der Waals surface area (Å²) in [6, 6.07) is 14.8. The number of aryl methyl sites for hydroxylation is 2. The zero-order valence-corrected chi connectivity index (χ0v) is 12.2. The third-order valence-corrected chi connectivity index (χ3v) is 5.25. The topological polar surface area (TPSA) is 46.2 Å². The average molecular weight is 287 g/mol. The standard InChI is InChI=1S/C16H17NO2S/c1-12-6-9-14(10-7-12)20(18,19)17-16-11-8-13-4-2-3-5-15(13)16/h2-7,9-10,16-17H,8,11H2,1H3. The first-order chi connectivity index (χ1) is 9.56. The van der Waals surface area contributed by atoms with E-state index in [9.17, 15) is 8.42 Å². The zero-order chi connectivity index (χ0) is 14.2. The average Bonchev–Trinajstić information content (AvgIpc) is 2.82. The Morgan fingerprint density at radius 2 is 1.75 bits per heavy atom. The molecule has 4 heteroatoms. The van der Waals surface area contributed by atoms with Crippen molar-refractivity contribution in [2.75, 3.05) is 0 Å². The highest BCUT2D eigenvalue weighted by Gasteiger charge is 2.26. The first-order valence-electron chi connectivity index (χ1n) is 6.73. The van der Waals surface area contributed by atoms with Gasteiger partial charge >= 0.3 is 0 Å². The lowest BCUT2D eigenvalue weighted by Crippen LogP contribution is -2.27. The Morgan fingerprint density at radius 1 is 1.05 bits per heavy atom. The summed E-state index contributed by atoms with van der Waals surface area (Å²) in [6.45, 7) is 1.94. The minimum absolute atomic E-state index is 0.113. The molecule has 1 aliphatic rings. The van der Waals surface area contributed by atoms with E-state index in [2.05, 4.69) is 10.8 Å². The number of nitrogens with one attached hydrogen (secondary N) is 1. The van der Waals surface area contributed by atoms with Gasteiger partial charge in [-0.15, -0.1) is 0 Å². The zero-order valence-electron chi connectivity index (χ0n) is 11.3. The molecule has 0 radical (unpaired) electrons. The Hall–Kier alpha value is -1.65. The van der Waals surface area contributed by atoms with Gasteiger partial charge < -0.3 is 0 Å². The lowest BCUT2D eigenvalue weighted by Gasteiger charge is -2.14. The molecule has 1 N–H and O–H groups in total. The Bertz CT molecular complexity index is 720. The molecule has 3 nitrogen and oxygen atoms in total. The Labute approximate surface area is 119 Å². The molecule has 0 amide bonds. The van der Waals surface area contributed by atoms with Gasteiger partial charge in [0.25, 0.3) is 0 Å². The van der Waals surface area contributed by atoms with Crippen LogP contribution in [0, 0.1) is 6.92 Å². The largest absolute Gasteiger partial charge is 0.241 e. The van der Waals surface area contributed by atoms with E-state index in [-0.39, 0.29) is 6.04 Å². The first kappa shape index (κ1) is 13.3. The van der Waals surface area contributed by atoms with E-state index in [0.717, 1.165) is 24.0 Å². The van der Waals surface area contributed by atoms with E-state index in [4.69, 9.17) is 0 Å². The van der Waals surface area contributed by atoms with Crippen LogP contribution in [-0.2, 0) is 16.4 Å². The highest BCUT2D eigenvalue weighted by molar-refractivity contribution is 7.89. The second kappa shape index (κ2) is 5.04. The fourth-order valence-electron chi connectivity index (χ4n) is 2.65. The molecule has 20 heavy (non-hydrogen) atoms. The van der Waals surface area contributed by atoms with Crippen molar-refractivity contribution in [1.82, 2.24) is 4.72 Å². The van der Waals surface area contributed by atoms with Crippen LogP contribution in [0.25, 0.3) is 0 Å². The number of hydrogen-bond acceptors (Lipinski definition) is 2. The second-order valence-electron chi connectivity index (χ2n) is 5.22. The van der Waals surface area contributed by atoms with Gasteiger partial charge in [-0.25, -0.2) is 13.1 Å². The lowest BCUT2D eigenvalue weighted by atomic mass is 10.1. The molecule has 0 heterocycles. The number of benzene rings is 2. The minimum Gasteiger partial charge on any atom is -0.207 e. The van der Waals surface area contributed by atoms with E-state index in [1.165, 1.54) is 5.56 Å². The molecule has 2 aromatic rings. The molecular formula is C16H17NO2S. The third-order valence-electron chi connectivity index (χ3n) is 3.76. The van der Waals surface area contributed by atoms with Crippen molar-refractivity contribution in [1.29, 1.82) is 0 Å². The Balaban J connectivity index is 1.86. The molecule has 1 atom stereocenters. The second-order valence-corrected chi connectivity index (χ2v) is 6.94. The van der Waals surface area contributed by atoms with Crippen LogP contribution in [0.5, 0.6) is 0 Å². The highest BCUT2D eigenvalue weighted by atomic mass is 32.2. The minimum atomic E-state index is -3.45. The summed E-state index contributed by atoms with van der Waals surface area (Å²) in [7, 11) is -3.45. The van der Waals surface area contributed by atoms with Crippen LogP contribution in [-0.4, -0.2) is 8.42 Å². The van der Waals surface area contributed by atoms with Crippen molar-refractivity contribution in [2.45, 2.75) is 30.7 Å². The molecule has 0 saturated heterocycles. The normalized spacial score (nSPS) is 17.9. The quantitative estimate of drug-likeness (QED) is 0.943. The lowest BCUT2D eigenvalue weighted by molar-refractivity contribution is 0.554. The molecule has 2 aromatic carbocycles. The summed E-state index contributed by atoms with van der Waals surface area (Å²) in [5, 5.41) is 0. The Kier molecular flexibility index (Phi) is 3.36. The summed E-state index contributed by atoms with van der Waals surface area (Å²) >= 11 is 0. The monoisotopic (exact) mass is 287 g/mol. The van der Waals surface area contributed by atoms with Crippen molar-refractivity contribution < 1.29 is 8.42 Å². The molecule has 1 unspecified atom stereocenters. The van der Waals surface area contributed by atoms with Crippen molar-refractivity contribution in [3.8, 4) is 0 Å². The summed E-state index contributed by atoms with van der Waals surface area (Å²) < 4.78 is 27.6. The molecular weight excluding hydrogens is 270 g/mol. The van der Waals surface area contributed by atoms with Crippen LogP contribution < -0.4 is 4.72 Å². The van der Waals surface area contributed by atoms with Gasteiger partial charge in [0.2, 0.25) is 10.0 Å². The van der Waals surface area contributed by atoms with Gasteiger partial charge in [0.1, 0.15) is 0 Å². The molecule has 0 fully saturated rings. The summed E-state index contributed by atoms with van der Waals surface area (Å²) in [5.41, 5.74) is 3.39. The number of hydrogen-bond donors (Lipinski definition) is 1. The predicted octanol–water partition coefficient (Wildman–Crippen LogP) is 2.96. The maximum atomic E-state index is 12.4. The van der Waals surface area contributed by atoms with E-state index < -0.39 is 10.0 Å². The first-order valence-corrected chi connectivity index (χ1v) is 8.21. The number of rotatable bonds is 3. The van der Waals surface area contributed by atoms with Gasteiger partial charge in [0.05, 0.1) is 4.90 Å². The fourth-order valence-corrected chi connectivity index (χ4v) is 3.90. The smallest absolute Gasteiger partial charge is 0.207 e. The third kappa shape index (κ3) is 2.49. The SMILES string of the molecule is Cc1ccc(S(=O)(=O)NC2CCc3ccccc32)cc1. The van der Waals surface area contributed by atoms with Gasteiger partial charge in [-0.3, -0.25) is 0 Å². The van der Waals surface area contributed by atoms with E-state index in [1.54, 1.807) is 12.1 Å². The van der Waals surface area contributed by atoms with E-state index in [0.29, 0.717) is 4.90 Å².